The molecule has 2 heterocycles. The molecule has 11 aromatic carbocycles. The zero-order valence-electron chi connectivity index (χ0n) is 38.9. The van der Waals surface area contributed by atoms with Crippen LogP contribution in [0.2, 0.25) is 0 Å². The number of anilines is 3. The highest BCUT2D eigenvalue weighted by atomic mass is 16.3. The molecule has 330 valence electrons. The van der Waals surface area contributed by atoms with Crippen molar-refractivity contribution in [1.29, 1.82) is 0 Å². The summed E-state index contributed by atoms with van der Waals surface area (Å²) in [4.78, 5) is 2.52. The SMILES string of the molecule is CC1(C)c2ccccc2-c2ccc(-c3ccccc3N(c3ccccc3-c3cccc4ccccc34)c3ccc4c(oc5ccccc54)c3-c3ccccc3-n3c4ccccc4c4ccccc43)cc21. The van der Waals surface area contributed by atoms with Crippen LogP contribution in [0.15, 0.2) is 247 Å². The van der Waals surface area contributed by atoms with E-state index in [9.17, 15) is 0 Å². The maximum atomic E-state index is 7.20. The van der Waals surface area contributed by atoms with Crippen molar-refractivity contribution in [2.24, 2.45) is 0 Å². The Morgan fingerprint density at radius 3 is 1.71 bits per heavy atom. The summed E-state index contributed by atoms with van der Waals surface area (Å²) in [6.45, 7) is 4.73. The first-order chi connectivity index (χ1) is 34.5. The Hall–Kier alpha value is -8.92. The number of para-hydroxylation sites is 6. The lowest BCUT2D eigenvalue weighted by Crippen LogP contribution is -2.15. The summed E-state index contributed by atoms with van der Waals surface area (Å²) >= 11 is 0. The van der Waals surface area contributed by atoms with Gasteiger partial charge in [-0.25, -0.2) is 0 Å². The van der Waals surface area contributed by atoms with Crippen molar-refractivity contribution in [2.45, 2.75) is 19.3 Å². The number of nitrogens with zero attached hydrogens (tertiary/aromatic N) is 2. The van der Waals surface area contributed by atoms with Crippen molar-refractivity contribution in [3.05, 3.63) is 254 Å². The molecule has 70 heavy (non-hydrogen) atoms. The molecule has 1 aliphatic carbocycles. The van der Waals surface area contributed by atoms with Crippen LogP contribution in [0, 0.1) is 0 Å². The molecular weight excluding hydrogens is 849 g/mol. The van der Waals surface area contributed by atoms with Crippen molar-refractivity contribution in [1.82, 2.24) is 4.57 Å². The lowest BCUT2D eigenvalue weighted by atomic mass is 9.81. The van der Waals surface area contributed by atoms with E-state index < -0.39 is 0 Å². The maximum Gasteiger partial charge on any atom is 0.145 e. The first-order valence-electron chi connectivity index (χ1n) is 24.3. The summed E-state index contributed by atoms with van der Waals surface area (Å²) in [5.41, 5.74) is 20.1. The second-order valence-corrected chi connectivity index (χ2v) is 19.1. The van der Waals surface area contributed by atoms with Gasteiger partial charge >= 0.3 is 0 Å². The molecule has 0 saturated heterocycles. The van der Waals surface area contributed by atoms with E-state index in [2.05, 4.69) is 266 Å². The molecule has 0 fully saturated rings. The molecule has 0 aliphatic heterocycles. The minimum atomic E-state index is -0.159. The van der Waals surface area contributed by atoms with Crippen LogP contribution >= 0.6 is 0 Å². The summed E-state index contributed by atoms with van der Waals surface area (Å²) in [6.07, 6.45) is 0. The number of benzene rings is 11. The van der Waals surface area contributed by atoms with Crippen molar-refractivity contribution in [2.75, 3.05) is 4.90 Å². The van der Waals surface area contributed by atoms with Gasteiger partial charge in [0.25, 0.3) is 0 Å². The van der Waals surface area contributed by atoms with Gasteiger partial charge in [-0.05, 0) is 98.8 Å². The highest BCUT2D eigenvalue weighted by Gasteiger charge is 2.36. The van der Waals surface area contributed by atoms with Crippen LogP contribution < -0.4 is 4.90 Å². The van der Waals surface area contributed by atoms with E-state index in [1.54, 1.807) is 0 Å². The zero-order valence-corrected chi connectivity index (χ0v) is 38.9. The van der Waals surface area contributed by atoms with E-state index in [-0.39, 0.29) is 5.41 Å². The summed E-state index contributed by atoms with van der Waals surface area (Å²) in [6, 6.07) is 88.8. The van der Waals surface area contributed by atoms with E-state index >= 15 is 0 Å². The fraction of sp³-hybridized carbons (Fsp3) is 0.0448. The Bertz CT molecular complexity index is 4180. The summed E-state index contributed by atoms with van der Waals surface area (Å²) in [5, 5.41) is 7.00. The zero-order chi connectivity index (χ0) is 46.5. The molecule has 2 aromatic heterocycles. The maximum absolute atomic E-state index is 7.20. The van der Waals surface area contributed by atoms with Gasteiger partial charge in [-0.3, -0.25) is 0 Å². The van der Waals surface area contributed by atoms with E-state index in [1.165, 1.54) is 54.9 Å². The van der Waals surface area contributed by atoms with E-state index in [0.717, 1.165) is 78.0 Å². The minimum absolute atomic E-state index is 0.159. The molecule has 13 aromatic rings. The van der Waals surface area contributed by atoms with Crippen molar-refractivity contribution >= 4 is 71.6 Å². The Morgan fingerprint density at radius 2 is 0.929 bits per heavy atom. The second kappa shape index (κ2) is 15.6. The predicted octanol–water partition coefficient (Wildman–Crippen LogP) is 18.6. The predicted molar refractivity (Wildman–Crippen MR) is 294 cm³/mol. The number of aromatic nitrogens is 1. The van der Waals surface area contributed by atoms with E-state index in [0.29, 0.717) is 0 Å². The van der Waals surface area contributed by atoms with Crippen LogP contribution in [0.3, 0.4) is 0 Å². The van der Waals surface area contributed by atoms with Gasteiger partial charge in [0.15, 0.2) is 0 Å². The lowest BCUT2D eigenvalue weighted by molar-refractivity contribution is 0.660. The van der Waals surface area contributed by atoms with Crippen LogP contribution in [0.1, 0.15) is 25.0 Å². The largest absolute Gasteiger partial charge is 0.455 e. The van der Waals surface area contributed by atoms with Gasteiger partial charge in [-0.2, -0.15) is 0 Å². The molecule has 0 radical (unpaired) electrons. The standard InChI is InChI=1S/C67H46N2O/c1-67(2)56-31-12-5-24-48(56)49-39-38-44(42-57(49)67)46-23-6-13-32-58(46)69(59-33-14-7-25-50(59)47-30-19-21-43-20-3-4-22-45(43)47)63-41-40-54-53-28-11-18-37-64(53)70-66(54)65(63)55-29-10-17-36-62(55)68-60-34-15-8-26-51(60)52-27-9-16-35-61(52)68/h3-42H,1-2H3. The van der Waals surface area contributed by atoms with Gasteiger partial charge in [0, 0.05) is 43.7 Å². The van der Waals surface area contributed by atoms with Crippen LogP contribution in [0.4, 0.5) is 17.1 Å². The van der Waals surface area contributed by atoms with Crippen LogP contribution in [0.25, 0.3) is 105 Å². The summed E-state index contributed by atoms with van der Waals surface area (Å²) in [5.74, 6) is 0. The Labute approximate surface area is 406 Å². The molecule has 3 nitrogen and oxygen atoms in total. The van der Waals surface area contributed by atoms with Crippen molar-refractivity contribution in [3.8, 4) is 50.2 Å². The Balaban J connectivity index is 1.10. The van der Waals surface area contributed by atoms with Gasteiger partial charge in [0.2, 0.25) is 0 Å². The first kappa shape index (κ1) is 40.2. The lowest BCUT2D eigenvalue weighted by Gasteiger charge is -2.32. The molecule has 3 heteroatoms. The third-order valence-electron chi connectivity index (χ3n) is 15.0. The van der Waals surface area contributed by atoms with Crippen LogP contribution in [-0.4, -0.2) is 4.57 Å². The van der Waals surface area contributed by atoms with E-state index in [4.69, 9.17) is 4.42 Å². The highest BCUT2D eigenvalue weighted by Crippen LogP contribution is 2.54. The third-order valence-corrected chi connectivity index (χ3v) is 15.0. The van der Waals surface area contributed by atoms with Crippen molar-refractivity contribution in [3.63, 3.8) is 0 Å². The van der Waals surface area contributed by atoms with Crippen LogP contribution in [0.5, 0.6) is 0 Å². The van der Waals surface area contributed by atoms with Gasteiger partial charge < -0.3 is 13.9 Å². The number of rotatable bonds is 7. The van der Waals surface area contributed by atoms with Gasteiger partial charge in [0.1, 0.15) is 11.2 Å². The average molecular weight is 895 g/mol. The fourth-order valence-corrected chi connectivity index (χ4v) is 11.8. The molecule has 0 N–H and O–H groups in total. The fourth-order valence-electron chi connectivity index (χ4n) is 11.8. The molecule has 0 saturated carbocycles. The van der Waals surface area contributed by atoms with Gasteiger partial charge in [0.05, 0.1) is 39.3 Å². The molecule has 0 unspecified atom stereocenters. The Kier molecular flexibility index (Phi) is 8.93. The summed E-state index contributed by atoms with van der Waals surface area (Å²) < 4.78 is 9.65. The van der Waals surface area contributed by atoms with Gasteiger partial charge in [-0.15, -0.1) is 0 Å². The number of hydrogen-bond acceptors (Lipinski definition) is 2. The second-order valence-electron chi connectivity index (χ2n) is 19.1. The Morgan fingerprint density at radius 1 is 0.371 bits per heavy atom. The molecule has 0 amide bonds. The van der Waals surface area contributed by atoms with Gasteiger partial charge in [-0.1, -0.05) is 202 Å². The van der Waals surface area contributed by atoms with Crippen LogP contribution in [-0.2, 0) is 5.41 Å². The molecule has 0 atom stereocenters. The quantitative estimate of drug-likeness (QED) is 0.159. The molecule has 0 spiro atoms. The first-order valence-corrected chi connectivity index (χ1v) is 24.3. The number of furan rings is 1. The topological polar surface area (TPSA) is 21.3 Å². The van der Waals surface area contributed by atoms with E-state index in [1.807, 2.05) is 0 Å². The minimum Gasteiger partial charge on any atom is -0.455 e. The number of hydrogen-bond donors (Lipinski definition) is 0. The molecule has 14 rings (SSSR count). The monoisotopic (exact) mass is 894 g/mol. The number of fused-ring (bicyclic) bond motifs is 10. The summed E-state index contributed by atoms with van der Waals surface area (Å²) in [7, 11) is 0. The molecule has 0 bridgehead atoms. The molecular formula is C67H46N2O. The smallest absolute Gasteiger partial charge is 0.145 e. The third kappa shape index (κ3) is 5.95. The van der Waals surface area contributed by atoms with Crippen molar-refractivity contribution < 1.29 is 4.42 Å². The average Bonchev–Trinajstić information content (AvgIpc) is 4.04. The normalized spacial score (nSPS) is 12.8. The highest BCUT2D eigenvalue weighted by molar-refractivity contribution is 6.16. The molecule has 1 aliphatic rings.